The van der Waals surface area contributed by atoms with Crippen LogP contribution in [-0.2, 0) is 9.53 Å². The summed E-state index contributed by atoms with van der Waals surface area (Å²) in [6.07, 6.45) is 1.55. The molecule has 0 saturated heterocycles. The van der Waals surface area contributed by atoms with Gasteiger partial charge in [-0.2, -0.15) is 0 Å². The van der Waals surface area contributed by atoms with Gasteiger partial charge in [-0.1, -0.05) is 51.5 Å². The Morgan fingerprint density at radius 3 is 2.47 bits per heavy atom. The molecule has 3 aromatic rings. The highest BCUT2D eigenvalue weighted by atomic mass is 79.9. The molecule has 1 atom stereocenters. The number of benzene rings is 2. The van der Waals surface area contributed by atoms with Crippen LogP contribution in [0.2, 0.25) is 0 Å². The molecule has 2 aromatic carbocycles. The zero-order chi connectivity index (χ0) is 24.4. The fourth-order valence-corrected chi connectivity index (χ4v) is 5.11. The Morgan fingerprint density at radius 1 is 1.18 bits per heavy atom. The molecule has 2 heterocycles. The Labute approximate surface area is 210 Å². The van der Waals surface area contributed by atoms with E-state index < -0.39 is 12.0 Å². The average molecular weight is 541 g/mol. The molecule has 0 radical (unpaired) electrons. The predicted molar refractivity (Wildman–Crippen MR) is 137 cm³/mol. The van der Waals surface area contributed by atoms with Gasteiger partial charge in [0.15, 0.2) is 4.80 Å². The summed E-state index contributed by atoms with van der Waals surface area (Å²) in [5, 5.41) is 0. The molecule has 1 aliphatic rings. The number of hydrogen-bond donors (Lipinski definition) is 0. The molecule has 0 unspecified atom stereocenters. The highest BCUT2D eigenvalue weighted by molar-refractivity contribution is 9.10. The Balaban J connectivity index is 1.90. The number of carbonyl (C=O) groups excluding carboxylic acids is 1. The first-order valence-electron chi connectivity index (χ1n) is 11.0. The number of aromatic nitrogens is 1. The summed E-state index contributed by atoms with van der Waals surface area (Å²) in [4.78, 5) is 31.9. The summed E-state index contributed by atoms with van der Waals surface area (Å²) in [6.45, 7) is 7.85. The van der Waals surface area contributed by atoms with E-state index in [1.807, 2.05) is 61.5 Å². The van der Waals surface area contributed by atoms with Crippen LogP contribution in [0.25, 0.3) is 6.08 Å². The average Bonchev–Trinajstić information content (AvgIpc) is 3.09. The van der Waals surface area contributed by atoms with Gasteiger partial charge < -0.3 is 9.47 Å². The molecular formula is C26H25BrN2O4S. The molecular weight excluding hydrogens is 516 g/mol. The molecule has 0 amide bonds. The summed E-state index contributed by atoms with van der Waals surface area (Å²) in [5.74, 6) is 0.248. The summed E-state index contributed by atoms with van der Waals surface area (Å²) in [6, 6.07) is 14.5. The van der Waals surface area contributed by atoms with Crippen molar-refractivity contribution in [2.24, 2.45) is 4.99 Å². The zero-order valence-electron chi connectivity index (χ0n) is 19.4. The fourth-order valence-electron chi connectivity index (χ4n) is 3.80. The van der Waals surface area contributed by atoms with Crippen LogP contribution in [0.15, 0.2) is 74.1 Å². The van der Waals surface area contributed by atoms with Crippen molar-refractivity contribution in [1.29, 1.82) is 0 Å². The van der Waals surface area contributed by atoms with Crippen molar-refractivity contribution >= 4 is 39.3 Å². The third kappa shape index (κ3) is 4.93. The van der Waals surface area contributed by atoms with E-state index in [-0.39, 0.29) is 11.7 Å². The van der Waals surface area contributed by atoms with Crippen LogP contribution >= 0.6 is 27.3 Å². The number of ether oxygens (including phenoxy) is 2. The molecule has 0 fully saturated rings. The zero-order valence-corrected chi connectivity index (χ0v) is 21.8. The van der Waals surface area contributed by atoms with Crippen LogP contribution in [0, 0.1) is 0 Å². The molecule has 0 N–H and O–H groups in total. The first-order valence-corrected chi connectivity index (χ1v) is 12.6. The molecule has 34 heavy (non-hydrogen) atoms. The van der Waals surface area contributed by atoms with E-state index in [9.17, 15) is 9.59 Å². The molecule has 0 spiro atoms. The number of rotatable bonds is 6. The summed E-state index contributed by atoms with van der Waals surface area (Å²) in [5.41, 5.74) is 2.39. The minimum atomic E-state index is -0.648. The molecule has 8 heteroatoms. The maximum atomic E-state index is 13.6. The Bertz CT molecular complexity index is 1420. The van der Waals surface area contributed by atoms with Gasteiger partial charge in [0.2, 0.25) is 0 Å². The quantitative estimate of drug-likeness (QED) is 0.436. The highest BCUT2D eigenvalue weighted by Gasteiger charge is 2.33. The van der Waals surface area contributed by atoms with Gasteiger partial charge in [-0.15, -0.1) is 0 Å². The van der Waals surface area contributed by atoms with Gasteiger partial charge >= 0.3 is 5.97 Å². The van der Waals surface area contributed by atoms with Crippen LogP contribution in [-0.4, -0.2) is 23.2 Å². The second-order valence-corrected chi connectivity index (χ2v) is 10.0. The Hall–Kier alpha value is -2.97. The van der Waals surface area contributed by atoms with E-state index in [1.165, 1.54) is 11.3 Å². The number of esters is 1. The number of halogens is 1. The van der Waals surface area contributed by atoms with Crippen LogP contribution in [0.3, 0.4) is 0 Å². The first kappa shape index (κ1) is 24.2. The van der Waals surface area contributed by atoms with Crippen molar-refractivity contribution in [3.63, 3.8) is 0 Å². The standard InChI is InChI=1S/C26H25BrN2O4S/c1-5-32-20-12-8-18(9-13-20)23-22(25(31)33-15(2)3)16(4)28-26-29(23)24(30)21(34-26)14-17-6-10-19(27)11-7-17/h6-15,23H,5H2,1-4H3/b21-14+/t23-/m1/s1. The van der Waals surface area contributed by atoms with Crippen molar-refractivity contribution in [2.45, 2.75) is 39.8 Å². The number of allylic oxidation sites excluding steroid dienone is 1. The van der Waals surface area contributed by atoms with Crippen molar-refractivity contribution in [1.82, 2.24) is 4.57 Å². The molecule has 1 aromatic heterocycles. The van der Waals surface area contributed by atoms with Crippen molar-refractivity contribution in [2.75, 3.05) is 6.61 Å². The summed E-state index contributed by atoms with van der Waals surface area (Å²) in [7, 11) is 0. The van der Waals surface area contributed by atoms with Gasteiger partial charge in [0.1, 0.15) is 5.75 Å². The third-order valence-electron chi connectivity index (χ3n) is 5.26. The predicted octanol–water partition coefficient (Wildman–Crippen LogP) is 4.35. The molecule has 176 valence electrons. The second kappa shape index (κ2) is 10.1. The lowest BCUT2D eigenvalue weighted by atomic mass is 9.96. The molecule has 4 rings (SSSR count). The van der Waals surface area contributed by atoms with Gasteiger partial charge in [-0.25, -0.2) is 9.79 Å². The number of nitrogens with zero attached hydrogens (tertiary/aromatic N) is 2. The maximum Gasteiger partial charge on any atom is 0.338 e. The van der Waals surface area contributed by atoms with Gasteiger partial charge in [-0.05, 0) is 69.2 Å². The van der Waals surface area contributed by atoms with Crippen LogP contribution in [0.5, 0.6) is 5.75 Å². The van der Waals surface area contributed by atoms with Crippen molar-refractivity contribution in [3.05, 3.63) is 95.1 Å². The SMILES string of the molecule is CCOc1ccc([C@@H]2C(C(=O)OC(C)C)=C(C)N=c3s/c(=C/c4ccc(Br)cc4)c(=O)n32)cc1. The lowest BCUT2D eigenvalue weighted by Crippen LogP contribution is -2.40. The smallest absolute Gasteiger partial charge is 0.338 e. The number of carbonyl (C=O) groups is 1. The number of fused-ring (bicyclic) bond motifs is 1. The minimum Gasteiger partial charge on any atom is -0.494 e. The van der Waals surface area contributed by atoms with E-state index in [1.54, 1.807) is 25.3 Å². The number of hydrogen-bond acceptors (Lipinski definition) is 6. The minimum absolute atomic E-state index is 0.201. The molecule has 0 saturated carbocycles. The molecule has 0 aliphatic carbocycles. The molecule has 1 aliphatic heterocycles. The van der Waals surface area contributed by atoms with E-state index in [4.69, 9.17) is 9.47 Å². The van der Waals surface area contributed by atoms with Crippen molar-refractivity contribution in [3.8, 4) is 5.75 Å². The van der Waals surface area contributed by atoms with Crippen LogP contribution in [0.4, 0.5) is 0 Å². The Morgan fingerprint density at radius 2 is 1.85 bits per heavy atom. The lowest BCUT2D eigenvalue weighted by molar-refractivity contribution is -0.143. The highest BCUT2D eigenvalue weighted by Crippen LogP contribution is 2.32. The lowest BCUT2D eigenvalue weighted by Gasteiger charge is -2.25. The van der Waals surface area contributed by atoms with E-state index in [2.05, 4.69) is 20.9 Å². The third-order valence-corrected chi connectivity index (χ3v) is 6.77. The van der Waals surface area contributed by atoms with Gasteiger partial charge in [-0.3, -0.25) is 9.36 Å². The largest absolute Gasteiger partial charge is 0.494 e. The van der Waals surface area contributed by atoms with Crippen LogP contribution < -0.4 is 19.6 Å². The maximum absolute atomic E-state index is 13.6. The molecule has 0 bridgehead atoms. The second-order valence-electron chi connectivity index (χ2n) is 8.09. The van der Waals surface area contributed by atoms with Gasteiger partial charge in [0.25, 0.3) is 5.56 Å². The van der Waals surface area contributed by atoms with E-state index >= 15 is 0 Å². The van der Waals surface area contributed by atoms with Gasteiger partial charge in [0, 0.05) is 4.47 Å². The van der Waals surface area contributed by atoms with E-state index in [0.29, 0.717) is 27.2 Å². The van der Waals surface area contributed by atoms with Gasteiger partial charge in [0.05, 0.1) is 34.6 Å². The van der Waals surface area contributed by atoms with E-state index in [0.717, 1.165) is 21.3 Å². The van der Waals surface area contributed by atoms with Crippen LogP contribution in [0.1, 0.15) is 44.9 Å². The normalized spacial score (nSPS) is 15.8. The Kier molecular flexibility index (Phi) is 7.19. The monoisotopic (exact) mass is 540 g/mol. The fraction of sp³-hybridized carbons (Fsp3) is 0.269. The molecule has 6 nitrogen and oxygen atoms in total. The number of thiazole rings is 1. The summed E-state index contributed by atoms with van der Waals surface area (Å²) < 4.78 is 14.2. The first-order chi connectivity index (χ1) is 16.3. The summed E-state index contributed by atoms with van der Waals surface area (Å²) >= 11 is 4.74. The van der Waals surface area contributed by atoms with Crippen molar-refractivity contribution < 1.29 is 14.3 Å². The topological polar surface area (TPSA) is 69.9 Å².